The lowest BCUT2D eigenvalue weighted by atomic mass is 10.1. The topological polar surface area (TPSA) is 12.0 Å². The zero-order valence-corrected chi connectivity index (χ0v) is 12.7. The predicted octanol–water partition coefficient (Wildman–Crippen LogP) is 4.56. The zero-order chi connectivity index (χ0) is 13.7. The standard InChI is InChI=1S/C17H21NS/c1-4-18-12-15-10-14(3)8-9-17(15)19-16-7-5-6-13(2)11-16/h5-11,18H,4,12H2,1-3H3. The van der Waals surface area contributed by atoms with Gasteiger partial charge in [-0.3, -0.25) is 0 Å². The van der Waals surface area contributed by atoms with Crippen molar-refractivity contribution in [2.45, 2.75) is 37.1 Å². The summed E-state index contributed by atoms with van der Waals surface area (Å²) in [4.78, 5) is 2.65. The van der Waals surface area contributed by atoms with Gasteiger partial charge in [-0.15, -0.1) is 0 Å². The van der Waals surface area contributed by atoms with Gasteiger partial charge < -0.3 is 5.32 Å². The average molecular weight is 271 g/mol. The Hall–Kier alpha value is -1.25. The average Bonchev–Trinajstić information content (AvgIpc) is 2.39. The van der Waals surface area contributed by atoms with E-state index in [2.05, 4.69) is 68.6 Å². The van der Waals surface area contributed by atoms with Crippen molar-refractivity contribution in [3.63, 3.8) is 0 Å². The zero-order valence-electron chi connectivity index (χ0n) is 11.9. The van der Waals surface area contributed by atoms with E-state index < -0.39 is 0 Å². The minimum Gasteiger partial charge on any atom is -0.313 e. The first-order valence-electron chi connectivity index (χ1n) is 6.74. The Morgan fingerprint density at radius 3 is 2.53 bits per heavy atom. The van der Waals surface area contributed by atoms with Crippen LogP contribution in [0, 0.1) is 13.8 Å². The predicted molar refractivity (Wildman–Crippen MR) is 83.9 cm³/mol. The van der Waals surface area contributed by atoms with Crippen LogP contribution in [-0.2, 0) is 6.54 Å². The molecular formula is C17H21NS. The summed E-state index contributed by atoms with van der Waals surface area (Å²) >= 11 is 1.85. The highest BCUT2D eigenvalue weighted by Crippen LogP contribution is 2.31. The molecule has 2 aromatic carbocycles. The normalized spacial score (nSPS) is 10.7. The van der Waals surface area contributed by atoms with Gasteiger partial charge in [-0.2, -0.15) is 0 Å². The highest BCUT2D eigenvalue weighted by molar-refractivity contribution is 7.99. The monoisotopic (exact) mass is 271 g/mol. The molecule has 100 valence electrons. The molecule has 0 fully saturated rings. The molecule has 0 saturated carbocycles. The molecule has 19 heavy (non-hydrogen) atoms. The maximum Gasteiger partial charge on any atom is 0.0216 e. The molecule has 0 aliphatic carbocycles. The van der Waals surface area contributed by atoms with Gasteiger partial charge in [-0.25, -0.2) is 0 Å². The second-order valence-electron chi connectivity index (χ2n) is 4.81. The summed E-state index contributed by atoms with van der Waals surface area (Å²) in [5, 5.41) is 3.42. The van der Waals surface area contributed by atoms with Crippen LogP contribution in [0.2, 0.25) is 0 Å². The van der Waals surface area contributed by atoms with E-state index >= 15 is 0 Å². The van der Waals surface area contributed by atoms with Gasteiger partial charge in [0.05, 0.1) is 0 Å². The van der Waals surface area contributed by atoms with Crippen molar-refractivity contribution in [2.24, 2.45) is 0 Å². The van der Waals surface area contributed by atoms with E-state index in [1.807, 2.05) is 11.8 Å². The van der Waals surface area contributed by atoms with Gasteiger partial charge in [0.2, 0.25) is 0 Å². The van der Waals surface area contributed by atoms with Crippen molar-refractivity contribution in [3.8, 4) is 0 Å². The Balaban J connectivity index is 2.23. The second-order valence-corrected chi connectivity index (χ2v) is 5.93. The smallest absolute Gasteiger partial charge is 0.0216 e. The summed E-state index contributed by atoms with van der Waals surface area (Å²) < 4.78 is 0. The first kappa shape index (κ1) is 14.2. The molecule has 1 nitrogen and oxygen atoms in total. The Labute approximate surface area is 120 Å². The van der Waals surface area contributed by atoms with Gasteiger partial charge in [-0.1, -0.05) is 54.1 Å². The number of aryl methyl sites for hydroxylation is 2. The number of hydrogen-bond acceptors (Lipinski definition) is 2. The molecule has 0 aliphatic rings. The molecular weight excluding hydrogens is 250 g/mol. The van der Waals surface area contributed by atoms with Gasteiger partial charge in [0.15, 0.2) is 0 Å². The van der Waals surface area contributed by atoms with Crippen LogP contribution >= 0.6 is 11.8 Å². The van der Waals surface area contributed by atoms with Gasteiger partial charge in [0.25, 0.3) is 0 Å². The first-order chi connectivity index (χ1) is 9.19. The lowest BCUT2D eigenvalue weighted by molar-refractivity contribution is 0.717. The van der Waals surface area contributed by atoms with Crippen LogP contribution < -0.4 is 5.32 Å². The molecule has 0 bridgehead atoms. The maximum absolute atomic E-state index is 3.42. The summed E-state index contributed by atoms with van der Waals surface area (Å²) in [6, 6.07) is 15.4. The van der Waals surface area contributed by atoms with Crippen LogP contribution in [0.25, 0.3) is 0 Å². The van der Waals surface area contributed by atoms with Crippen molar-refractivity contribution >= 4 is 11.8 Å². The first-order valence-corrected chi connectivity index (χ1v) is 7.55. The third kappa shape index (κ3) is 4.12. The van der Waals surface area contributed by atoms with E-state index in [1.165, 1.54) is 26.5 Å². The summed E-state index contributed by atoms with van der Waals surface area (Å²) in [5.41, 5.74) is 4.01. The Morgan fingerprint density at radius 2 is 1.79 bits per heavy atom. The van der Waals surface area contributed by atoms with Crippen molar-refractivity contribution in [3.05, 3.63) is 59.2 Å². The minimum absolute atomic E-state index is 0.937. The van der Waals surface area contributed by atoms with Crippen LogP contribution in [0.15, 0.2) is 52.3 Å². The van der Waals surface area contributed by atoms with Crippen LogP contribution in [0.5, 0.6) is 0 Å². The van der Waals surface area contributed by atoms with Gasteiger partial charge in [0.1, 0.15) is 0 Å². The van der Waals surface area contributed by atoms with Gasteiger partial charge >= 0.3 is 0 Å². The van der Waals surface area contributed by atoms with E-state index in [1.54, 1.807) is 0 Å². The lowest BCUT2D eigenvalue weighted by Gasteiger charge is -2.11. The maximum atomic E-state index is 3.42. The molecule has 0 aromatic heterocycles. The Morgan fingerprint density at radius 1 is 1.00 bits per heavy atom. The number of nitrogens with one attached hydrogen (secondary N) is 1. The van der Waals surface area contributed by atoms with Crippen LogP contribution in [-0.4, -0.2) is 6.54 Å². The Kier molecular flexibility index (Phi) is 5.06. The fourth-order valence-corrected chi connectivity index (χ4v) is 3.06. The molecule has 0 atom stereocenters. The lowest BCUT2D eigenvalue weighted by Crippen LogP contribution is -2.12. The molecule has 2 aromatic rings. The quantitative estimate of drug-likeness (QED) is 0.855. The highest BCUT2D eigenvalue weighted by Gasteiger charge is 2.05. The molecule has 2 heteroatoms. The van der Waals surface area contributed by atoms with Gasteiger partial charge in [-0.05, 0) is 44.2 Å². The molecule has 0 saturated heterocycles. The van der Waals surface area contributed by atoms with Crippen molar-refractivity contribution in [1.29, 1.82) is 0 Å². The molecule has 1 N–H and O–H groups in total. The van der Waals surface area contributed by atoms with Crippen molar-refractivity contribution < 1.29 is 0 Å². The van der Waals surface area contributed by atoms with E-state index in [-0.39, 0.29) is 0 Å². The molecule has 0 heterocycles. The van der Waals surface area contributed by atoms with Crippen LogP contribution in [0.1, 0.15) is 23.6 Å². The SMILES string of the molecule is CCNCc1cc(C)ccc1Sc1cccc(C)c1. The fourth-order valence-electron chi connectivity index (χ4n) is 2.01. The minimum atomic E-state index is 0.937. The number of rotatable bonds is 5. The highest BCUT2D eigenvalue weighted by atomic mass is 32.2. The molecule has 0 amide bonds. The van der Waals surface area contributed by atoms with Crippen LogP contribution in [0.3, 0.4) is 0 Å². The molecule has 2 rings (SSSR count). The Bertz CT molecular complexity index is 549. The third-order valence-electron chi connectivity index (χ3n) is 3.00. The molecule has 0 unspecified atom stereocenters. The fraction of sp³-hybridized carbons (Fsp3) is 0.294. The largest absolute Gasteiger partial charge is 0.313 e. The second kappa shape index (κ2) is 6.78. The van der Waals surface area contributed by atoms with E-state index in [9.17, 15) is 0 Å². The summed E-state index contributed by atoms with van der Waals surface area (Å²) in [6.07, 6.45) is 0. The summed E-state index contributed by atoms with van der Waals surface area (Å²) in [7, 11) is 0. The summed E-state index contributed by atoms with van der Waals surface area (Å²) in [6.45, 7) is 8.37. The van der Waals surface area contributed by atoms with Crippen molar-refractivity contribution in [1.82, 2.24) is 5.32 Å². The van der Waals surface area contributed by atoms with Crippen molar-refractivity contribution in [2.75, 3.05) is 6.54 Å². The molecule has 0 aliphatic heterocycles. The van der Waals surface area contributed by atoms with E-state index in [0.717, 1.165) is 13.1 Å². The number of hydrogen-bond donors (Lipinski definition) is 1. The number of benzene rings is 2. The van der Waals surface area contributed by atoms with Gasteiger partial charge in [0, 0.05) is 16.3 Å². The molecule has 0 radical (unpaired) electrons. The van der Waals surface area contributed by atoms with E-state index in [0.29, 0.717) is 0 Å². The third-order valence-corrected chi connectivity index (χ3v) is 4.11. The van der Waals surface area contributed by atoms with E-state index in [4.69, 9.17) is 0 Å². The summed E-state index contributed by atoms with van der Waals surface area (Å²) in [5.74, 6) is 0. The van der Waals surface area contributed by atoms with Crippen LogP contribution in [0.4, 0.5) is 0 Å². The molecule has 0 spiro atoms.